The molecule has 0 amide bonds. The van der Waals surface area contributed by atoms with Crippen LogP contribution in [0.25, 0.3) is 21.9 Å². The van der Waals surface area contributed by atoms with Gasteiger partial charge in [0.1, 0.15) is 11.3 Å². The minimum Gasteiger partial charge on any atom is -0.497 e. The molecule has 0 saturated heterocycles. The molecule has 0 aliphatic rings. The summed E-state index contributed by atoms with van der Waals surface area (Å²) in [5.41, 5.74) is 1.00. The summed E-state index contributed by atoms with van der Waals surface area (Å²) in [4.78, 5) is 34.6. The predicted molar refractivity (Wildman–Crippen MR) is 94.5 cm³/mol. The van der Waals surface area contributed by atoms with E-state index in [-0.39, 0.29) is 5.52 Å². The summed E-state index contributed by atoms with van der Waals surface area (Å²) in [6.07, 6.45) is 4.63. The van der Waals surface area contributed by atoms with E-state index in [9.17, 15) is 9.59 Å². The molecule has 0 fully saturated rings. The van der Waals surface area contributed by atoms with Crippen LogP contribution in [0.5, 0.6) is 5.75 Å². The monoisotopic (exact) mass is 335 g/mol. The molecule has 0 saturated carbocycles. The molecule has 4 aromatic rings. The van der Waals surface area contributed by atoms with Crippen LogP contribution in [-0.2, 0) is 0 Å². The molecule has 0 aliphatic heterocycles. The van der Waals surface area contributed by atoms with Crippen LogP contribution in [0.3, 0.4) is 0 Å². The molecule has 4 rings (SSSR count). The maximum Gasteiger partial charge on any atom is 0.350 e. The zero-order valence-corrected chi connectivity index (χ0v) is 13.2. The first-order valence-corrected chi connectivity index (χ1v) is 7.46. The van der Waals surface area contributed by atoms with E-state index in [0.29, 0.717) is 16.7 Å². The van der Waals surface area contributed by atoms with Gasteiger partial charge in [-0.15, -0.1) is 4.68 Å². The van der Waals surface area contributed by atoms with Crippen molar-refractivity contribution < 1.29 is 4.74 Å². The summed E-state index contributed by atoms with van der Waals surface area (Å²) in [5, 5.41) is 4.70. The molecule has 0 spiro atoms. The van der Waals surface area contributed by atoms with E-state index in [0.717, 1.165) is 15.8 Å². The van der Waals surface area contributed by atoms with Crippen molar-refractivity contribution >= 4 is 28.2 Å². The lowest BCUT2D eigenvalue weighted by Crippen LogP contribution is -2.32. The van der Waals surface area contributed by atoms with E-state index < -0.39 is 11.2 Å². The van der Waals surface area contributed by atoms with Gasteiger partial charge in [0.05, 0.1) is 18.8 Å². The Morgan fingerprint density at radius 2 is 1.92 bits per heavy atom. The van der Waals surface area contributed by atoms with Crippen molar-refractivity contribution in [1.29, 1.82) is 0 Å². The van der Waals surface area contributed by atoms with Crippen LogP contribution in [0.15, 0.2) is 57.4 Å². The Hall–Kier alpha value is -3.68. The number of rotatable bonds is 3. The minimum absolute atomic E-state index is 0.273. The molecular weight excluding hydrogens is 322 g/mol. The highest BCUT2D eigenvalue weighted by Crippen LogP contribution is 2.25. The van der Waals surface area contributed by atoms with Gasteiger partial charge < -0.3 is 14.7 Å². The van der Waals surface area contributed by atoms with Crippen LogP contribution in [0, 0.1) is 0 Å². The second kappa shape index (κ2) is 5.75. The SMILES string of the molecule is COc1ccc2[nH]c3c(=O)n(/N=C/c4ccncc4)c(=O)[nH]c3c2c1. The number of hydrogen-bond acceptors (Lipinski definition) is 5. The predicted octanol–water partition coefficient (Wildman–Crippen LogP) is 1.46. The van der Waals surface area contributed by atoms with E-state index in [4.69, 9.17) is 4.74 Å². The Bertz CT molecular complexity index is 1220. The molecule has 0 unspecified atom stereocenters. The fourth-order valence-corrected chi connectivity index (χ4v) is 2.63. The summed E-state index contributed by atoms with van der Waals surface area (Å²) in [7, 11) is 1.56. The number of fused-ring (bicyclic) bond motifs is 3. The number of pyridine rings is 1. The zero-order chi connectivity index (χ0) is 17.4. The van der Waals surface area contributed by atoms with Gasteiger partial charge in [0.15, 0.2) is 0 Å². The number of aromatic amines is 2. The first-order chi connectivity index (χ1) is 12.2. The van der Waals surface area contributed by atoms with E-state index in [1.807, 2.05) is 0 Å². The maximum absolute atomic E-state index is 12.6. The lowest BCUT2D eigenvalue weighted by Gasteiger charge is -1.99. The number of nitrogens with one attached hydrogen (secondary N) is 2. The van der Waals surface area contributed by atoms with Gasteiger partial charge in [-0.3, -0.25) is 9.78 Å². The first-order valence-electron chi connectivity index (χ1n) is 7.46. The number of methoxy groups -OCH3 is 1. The van der Waals surface area contributed by atoms with Gasteiger partial charge >= 0.3 is 11.2 Å². The summed E-state index contributed by atoms with van der Waals surface area (Å²) in [6.45, 7) is 0. The lowest BCUT2D eigenvalue weighted by molar-refractivity contribution is 0.415. The summed E-state index contributed by atoms with van der Waals surface area (Å²) in [5.74, 6) is 0.633. The smallest absolute Gasteiger partial charge is 0.350 e. The molecule has 8 nitrogen and oxygen atoms in total. The number of ether oxygens (including phenoxy) is 1. The molecule has 0 atom stereocenters. The van der Waals surface area contributed by atoms with Crippen molar-refractivity contribution in [3.05, 3.63) is 69.1 Å². The number of aromatic nitrogens is 4. The Kier molecular flexibility index (Phi) is 3.42. The number of benzene rings is 1. The maximum atomic E-state index is 12.6. The summed E-state index contributed by atoms with van der Waals surface area (Å²) < 4.78 is 5.98. The van der Waals surface area contributed by atoms with Crippen molar-refractivity contribution in [3.8, 4) is 5.75 Å². The average Bonchev–Trinajstić information content (AvgIpc) is 3.00. The van der Waals surface area contributed by atoms with Gasteiger partial charge in [-0.05, 0) is 35.9 Å². The van der Waals surface area contributed by atoms with Crippen molar-refractivity contribution in [3.63, 3.8) is 0 Å². The highest BCUT2D eigenvalue weighted by atomic mass is 16.5. The van der Waals surface area contributed by atoms with Gasteiger partial charge in [-0.1, -0.05) is 0 Å². The Morgan fingerprint density at radius 1 is 1.12 bits per heavy atom. The number of nitrogens with zero attached hydrogens (tertiary/aromatic N) is 3. The number of H-pyrrole nitrogens is 2. The van der Waals surface area contributed by atoms with Crippen LogP contribution in [0.2, 0.25) is 0 Å². The summed E-state index contributed by atoms with van der Waals surface area (Å²) >= 11 is 0. The zero-order valence-electron chi connectivity index (χ0n) is 13.2. The second-order valence-electron chi connectivity index (χ2n) is 5.36. The topological polar surface area (TPSA) is 105 Å². The van der Waals surface area contributed by atoms with Crippen LogP contribution in [-0.4, -0.2) is 33.0 Å². The van der Waals surface area contributed by atoms with E-state index >= 15 is 0 Å². The molecule has 0 aliphatic carbocycles. The van der Waals surface area contributed by atoms with Crippen LogP contribution in [0.1, 0.15) is 5.56 Å². The van der Waals surface area contributed by atoms with Gasteiger partial charge in [0.2, 0.25) is 0 Å². The fraction of sp³-hybridized carbons (Fsp3) is 0.0588. The first kappa shape index (κ1) is 14.9. The van der Waals surface area contributed by atoms with E-state index in [1.54, 1.807) is 49.8 Å². The molecular formula is C17H13N5O3. The normalized spacial score (nSPS) is 11.6. The highest BCUT2D eigenvalue weighted by Gasteiger charge is 2.13. The highest BCUT2D eigenvalue weighted by molar-refractivity contribution is 6.04. The molecule has 124 valence electrons. The van der Waals surface area contributed by atoms with E-state index in [2.05, 4.69) is 20.1 Å². The third-order valence-electron chi connectivity index (χ3n) is 3.86. The third-order valence-corrected chi connectivity index (χ3v) is 3.86. The molecule has 8 heteroatoms. The van der Waals surface area contributed by atoms with Crippen molar-refractivity contribution in [2.24, 2.45) is 5.10 Å². The van der Waals surface area contributed by atoms with Gasteiger partial charge in [-0.25, -0.2) is 4.79 Å². The average molecular weight is 335 g/mol. The van der Waals surface area contributed by atoms with Gasteiger partial charge in [-0.2, -0.15) is 5.10 Å². The molecule has 3 heterocycles. The molecule has 0 radical (unpaired) electrons. The second-order valence-corrected chi connectivity index (χ2v) is 5.36. The molecule has 0 bridgehead atoms. The van der Waals surface area contributed by atoms with Gasteiger partial charge in [0, 0.05) is 23.3 Å². The van der Waals surface area contributed by atoms with Gasteiger partial charge in [0.25, 0.3) is 0 Å². The minimum atomic E-state index is -0.619. The van der Waals surface area contributed by atoms with Crippen molar-refractivity contribution in [2.45, 2.75) is 0 Å². The van der Waals surface area contributed by atoms with E-state index in [1.165, 1.54) is 6.21 Å². The molecule has 3 aromatic heterocycles. The number of hydrogen-bond donors (Lipinski definition) is 2. The van der Waals surface area contributed by atoms with Crippen LogP contribution < -0.4 is 16.0 Å². The van der Waals surface area contributed by atoms with Crippen molar-refractivity contribution in [2.75, 3.05) is 7.11 Å². The fourth-order valence-electron chi connectivity index (χ4n) is 2.63. The molecule has 25 heavy (non-hydrogen) atoms. The molecule has 2 N–H and O–H groups in total. The largest absolute Gasteiger partial charge is 0.497 e. The van der Waals surface area contributed by atoms with Crippen LogP contribution >= 0.6 is 0 Å². The Labute approximate surface area is 140 Å². The lowest BCUT2D eigenvalue weighted by atomic mass is 10.2. The Morgan fingerprint density at radius 3 is 2.68 bits per heavy atom. The third kappa shape index (κ3) is 2.49. The quantitative estimate of drug-likeness (QED) is 0.553. The standard InChI is InChI=1S/C17H13N5O3/c1-25-11-2-3-13-12(8-11)14-15(20-13)16(23)22(17(24)21-14)19-9-10-4-6-18-7-5-10/h2-9,20H,1H3,(H,21,24)/b19-9+. The molecule has 1 aromatic carbocycles. The van der Waals surface area contributed by atoms with Crippen molar-refractivity contribution in [1.82, 2.24) is 19.6 Å². The van der Waals surface area contributed by atoms with Crippen LogP contribution in [0.4, 0.5) is 0 Å². The summed E-state index contributed by atoms with van der Waals surface area (Å²) in [6, 6.07) is 8.76. The Balaban J connectivity index is 1.93.